The molecule has 0 aliphatic carbocycles. The lowest BCUT2D eigenvalue weighted by atomic mass is 10.1. The van der Waals surface area contributed by atoms with E-state index in [0.717, 1.165) is 23.7 Å². The third-order valence-electron chi connectivity index (χ3n) is 5.29. The van der Waals surface area contributed by atoms with Gasteiger partial charge in [-0.25, -0.2) is 9.78 Å². The minimum Gasteiger partial charge on any atom is -0.493 e. The van der Waals surface area contributed by atoms with Crippen LogP contribution in [-0.4, -0.2) is 56.3 Å². The Morgan fingerprint density at radius 3 is 2.47 bits per heavy atom. The van der Waals surface area contributed by atoms with Gasteiger partial charge in [0, 0.05) is 37.9 Å². The number of amides is 2. The third kappa shape index (κ3) is 4.00. The Hall–Kier alpha value is -3.00. The summed E-state index contributed by atoms with van der Waals surface area (Å²) in [5, 5.41) is 3.97. The SMILES string of the molecule is COc1ccc(NC(=O)N2CCN(c3nc4c(C)cc(C)cc4s3)CC2)cc1OC. The van der Waals surface area contributed by atoms with E-state index < -0.39 is 0 Å². The molecule has 0 bridgehead atoms. The number of aromatic nitrogens is 1. The molecule has 1 fully saturated rings. The van der Waals surface area contributed by atoms with Crippen LogP contribution >= 0.6 is 11.3 Å². The molecule has 1 N–H and O–H groups in total. The molecule has 2 heterocycles. The number of carbonyl (C=O) groups excluding carboxylic acids is 1. The normalized spacial score (nSPS) is 14.1. The van der Waals surface area contributed by atoms with Crippen LogP contribution in [0.3, 0.4) is 0 Å². The van der Waals surface area contributed by atoms with Gasteiger partial charge in [0.05, 0.1) is 24.4 Å². The quantitative estimate of drug-likeness (QED) is 0.674. The van der Waals surface area contributed by atoms with Crippen LogP contribution in [0.5, 0.6) is 11.5 Å². The Balaban J connectivity index is 1.39. The number of hydrogen-bond acceptors (Lipinski definition) is 6. The van der Waals surface area contributed by atoms with Gasteiger partial charge in [-0.1, -0.05) is 17.4 Å². The molecule has 1 aliphatic rings. The number of carbonyl (C=O) groups is 1. The van der Waals surface area contributed by atoms with Gasteiger partial charge in [-0.3, -0.25) is 0 Å². The molecule has 30 heavy (non-hydrogen) atoms. The average Bonchev–Trinajstić information content (AvgIpc) is 3.18. The Labute approximate surface area is 180 Å². The molecule has 0 saturated carbocycles. The minimum absolute atomic E-state index is 0.113. The molecule has 7 nitrogen and oxygen atoms in total. The molecule has 2 aromatic carbocycles. The highest BCUT2D eigenvalue weighted by molar-refractivity contribution is 7.22. The standard InChI is InChI=1S/C22H26N4O3S/c1-14-11-15(2)20-19(12-14)30-22(24-20)26-9-7-25(8-10-26)21(27)23-16-5-6-17(28-3)18(13-16)29-4/h5-6,11-13H,7-10H2,1-4H3,(H,23,27). The van der Waals surface area contributed by atoms with Crippen molar-refractivity contribution in [2.75, 3.05) is 50.6 Å². The first-order valence-corrected chi connectivity index (χ1v) is 10.7. The van der Waals surface area contributed by atoms with Gasteiger partial charge in [-0.05, 0) is 43.2 Å². The van der Waals surface area contributed by atoms with Crippen molar-refractivity contribution < 1.29 is 14.3 Å². The number of hydrogen-bond donors (Lipinski definition) is 1. The largest absolute Gasteiger partial charge is 0.493 e. The average molecular weight is 427 g/mol. The number of benzene rings is 2. The van der Waals surface area contributed by atoms with Gasteiger partial charge in [0.2, 0.25) is 0 Å². The maximum Gasteiger partial charge on any atom is 0.321 e. The van der Waals surface area contributed by atoms with Crippen LogP contribution in [0.4, 0.5) is 15.6 Å². The summed E-state index contributed by atoms with van der Waals surface area (Å²) in [6.07, 6.45) is 0. The van der Waals surface area contributed by atoms with Crippen molar-refractivity contribution >= 4 is 38.4 Å². The lowest BCUT2D eigenvalue weighted by Crippen LogP contribution is -2.50. The summed E-state index contributed by atoms with van der Waals surface area (Å²) in [4.78, 5) is 21.6. The summed E-state index contributed by atoms with van der Waals surface area (Å²) in [6, 6.07) is 9.60. The van der Waals surface area contributed by atoms with Gasteiger partial charge in [0.1, 0.15) is 0 Å². The molecule has 1 aromatic heterocycles. The number of methoxy groups -OCH3 is 2. The smallest absolute Gasteiger partial charge is 0.321 e. The number of ether oxygens (including phenoxy) is 2. The number of fused-ring (bicyclic) bond motifs is 1. The zero-order valence-corrected chi connectivity index (χ0v) is 18.5. The van der Waals surface area contributed by atoms with Crippen molar-refractivity contribution in [3.63, 3.8) is 0 Å². The van der Waals surface area contributed by atoms with E-state index in [4.69, 9.17) is 14.5 Å². The molecule has 1 saturated heterocycles. The van der Waals surface area contributed by atoms with Gasteiger partial charge >= 0.3 is 6.03 Å². The van der Waals surface area contributed by atoms with E-state index in [0.29, 0.717) is 30.3 Å². The summed E-state index contributed by atoms with van der Waals surface area (Å²) >= 11 is 1.72. The first-order chi connectivity index (χ1) is 14.5. The van der Waals surface area contributed by atoms with Crippen molar-refractivity contribution in [1.82, 2.24) is 9.88 Å². The van der Waals surface area contributed by atoms with Crippen LogP contribution in [0.1, 0.15) is 11.1 Å². The molecular formula is C22H26N4O3S. The Bertz CT molecular complexity index is 1070. The Morgan fingerprint density at radius 2 is 1.77 bits per heavy atom. The van der Waals surface area contributed by atoms with Crippen LogP contribution in [-0.2, 0) is 0 Å². The fourth-order valence-corrected chi connectivity index (χ4v) is 4.90. The number of aryl methyl sites for hydroxylation is 2. The number of urea groups is 1. The number of nitrogens with one attached hydrogen (secondary N) is 1. The van der Waals surface area contributed by atoms with Crippen LogP contribution in [0.15, 0.2) is 30.3 Å². The summed E-state index contributed by atoms with van der Waals surface area (Å²) in [7, 11) is 3.16. The number of anilines is 2. The molecule has 0 spiro atoms. The van der Waals surface area contributed by atoms with Crippen molar-refractivity contribution in [2.24, 2.45) is 0 Å². The fourth-order valence-electron chi connectivity index (χ4n) is 3.71. The first-order valence-electron chi connectivity index (χ1n) is 9.89. The molecule has 4 rings (SSSR count). The Morgan fingerprint density at radius 1 is 1.03 bits per heavy atom. The lowest BCUT2D eigenvalue weighted by molar-refractivity contribution is 0.208. The number of nitrogens with zero attached hydrogens (tertiary/aromatic N) is 3. The predicted molar refractivity (Wildman–Crippen MR) is 121 cm³/mol. The number of piperazine rings is 1. The molecule has 1 aliphatic heterocycles. The highest BCUT2D eigenvalue weighted by Gasteiger charge is 2.23. The van der Waals surface area contributed by atoms with Gasteiger partial charge in [-0.15, -0.1) is 0 Å². The highest BCUT2D eigenvalue weighted by Crippen LogP contribution is 2.32. The van der Waals surface area contributed by atoms with Gasteiger partial charge in [0.25, 0.3) is 0 Å². The van der Waals surface area contributed by atoms with Crippen molar-refractivity contribution in [3.05, 3.63) is 41.5 Å². The third-order valence-corrected chi connectivity index (χ3v) is 6.35. The van der Waals surface area contributed by atoms with Gasteiger partial charge in [-0.2, -0.15) is 0 Å². The maximum atomic E-state index is 12.7. The van der Waals surface area contributed by atoms with E-state index >= 15 is 0 Å². The molecule has 2 amide bonds. The van der Waals surface area contributed by atoms with Crippen molar-refractivity contribution in [1.29, 1.82) is 0 Å². The zero-order valence-electron chi connectivity index (χ0n) is 17.7. The Kier molecular flexibility index (Phi) is 5.67. The fraction of sp³-hybridized carbons (Fsp3) is 0.364. The van der Waals surface area contributed by atoms with E-state index in [9.17, 15) is 4.79 Å². The predicted octanol–water partition coefficient (Wildman–Crippen LogP) is 4.28. The summed E-state index contributed by atoms with van der Waals surface area (Å²) < 4.78 is 11.8. The second kappa shape index (κ2) is 8.39. The number of thiazole rings is 1. The van der Waals surface area contributed by atoms with Gasteiger partial charge < -0.3 is 24.6 Å². The minimum atomic E-state index is -0.113. The molecule has 8 heteroatoms. The molecule has 0 atom stereocenters. The first kappa shape index (κ1) is 20.3. The second-order valence-corrected chi connectivity index (χ2v) is 8.41. The molecule has 3 aromatic rings. The summed E-state index contributed by atoms with van der Waals surface area (Å²) in [6.45, 7) is 7.03. The molecule has 0 radical (unpaired) electrons. The topological polar surface area (TPSA) is 66.9 Å². The van der Waals surface area contributed by atoms with Crippen LogP contribution in [0.2, 0.25) is 0 Å². The monoisotopic (exact) mass is 426 g/mol. The lowest BCUT2D eigenvalue weighted by Gasteiger charge is -2.34. The van der Waals surface area contributed by atoms with E-state index in [1.807, 2.05) is 4.90 Å². The van der Waals surface area contributed by atoms with E-state index in [2.05, 4.69) is 36.2 Å². The van der Waals surface area contributed by atoms with Crippen LogP contribution in [0, 0.1) is 13.8 Å². The van der Waals surface area contributed by atoms with Crippen LogP contribution < -0.4 is 19.7 Å². The summed E-state index contributed by atoms with van der Waals surface area (Å²) in [5.74, 6) is 1.21. The molecule has 158 valence electrons. The number of rotatable bonds is 4. The second-order valence-electron chi connectivity index (χ2n) is 7.40. The van der Waals surface area contributed by atoms with Crippen LogP contribution in [0.25, 0.3) is 10.2 Å². The maximum absolute atomic E-state index is 12.7. The van der Waals surface area contributed by atoms with Crippen molar-refractivity contribution in [3.8, 4) is 11.5 Å². The van der Waals surface area contributed by atoms with E-state index in [1.165, 1.54) is 15.8 Å². The van der Waals surface area contributed by atoms with E-state index in [-0.39, 0.29) is 6.03 Å². The molecule has 0 unspecified atom stereocenters. The van der Waals surface area contributed by atoms with E-state index in [1.54, 1.807) is 43.8 Å². The molecular weight excluding hydrogens is 400 g/mol. The van der Waals surface area contributed by atoms with Gasteiger partial charge in [0.15, 0.2) is 16.6 Å². The highest BCUT2D eigenvalue weighted by atomic mass is 32.1. The zero-order chi connectivity index (χ0) is 21.3. The van der Waals surface area contributed by atoms with Crippen molar-refractivity contribution in [2.45, 2.75) is 13.8 Å². The summed E-state index contributed by atoms with van der Waals surface area (Å²) in [5.41, 5.74) is 4.22.